The van der Waals surface area contributed by atoms with E-state index in [1.807, 2.05) is 0 Å². The predicted molar refractivity (Wildman–Crippen MR) is 125 cm³/mol. The Balaban J connectivity index is 1.79. The summed E-state index contributed by atoms with van der Waals surface area (Å²) in [6.45, 7) is 11.2. The molecule has 0 N–H and O–H groups in total. The average Bonchev–Trinajstić information content (AvgIpc) is 3.18. The third-order valence-corrected chi connectivity index (χ3v) is 6.29. The molecule has 6 heteroatoms. The van der Waals surface area contributed by atoms with Gasteiger partial charge in [0.2, 0.25) is 0 Å². The normalized spacial score (nSPS) is 11.8. The van der Waals surface area contributed by atoms with Crippen LogP contribution in [0.1, 0.15) is 31.9 Å². The second-order valence-corrected chi connectivity index (χ2v) is 8.36. The van der Waals surface area contributed by atoms with Crippen LogP contribution in [0.25, 0.3) is 11.4 Å². The smallest absolute Gasteiger partial charge is 0.192 e. The molecule has 1 atom stereocenters. The topological polar surface area (TPSA) is 57.7 Å². The first-order valence-corrected chi connectivity index (χ1v) is 11.4. The quantitative estimate of drug-likeness (QED) is 0.438. The van der Waals surface area contributed by atoms with E-state index in [0.717, 1.165) is 41.7 Å². The number of aryl methyl sites for hydroxylation is 1. The van der Waals surface area contributed by atoms with Gasteiger partial charge < -0.3 is 9.47 Å². The number of anilines is 1. The summed E-state index contributed by atoms with van der Waals surface area (Å²) in [5.74, 6) is 0.845. The lowest BCUT2D eigenvalue weighted by molar-refractivity contribution is 0.686. The highest BCUT2D eigenvalue weighted by Gasteiger charge is 2.18. The van der Waals surface area contributed by atoms with Crippen molar-refractivity contribution >= 4 is 17.4 Å². The lowest BCUT2D eigenvalue weighted by atomic mass is 10.1. The highest BCUT2D eigenvalue weighted by atomic mass is 32.2. The zero-order chi connectivity index (χ0) is 21.5. The minimum Gasteiger partial charge on any atom is -0.372 e. The van der Waals surface area contributed by atoms with Crippen molar-refractivity contribution in [3.63, 3.8) is 0 Å². The number of rotatable bonds is 9. The van der Waals surface area contributed by atoms with Crippen LogP contribution < -0.4 is 4.90 Å². The molecule has 3 rings (SSSR count). The first-order valence-electron chi connectivity index (χ1n) is 10.5. The van der Waals surface area contributed by atoms with Gasteiger partial charge in [-0.2, -0.15) is 5.26 Å². The average molecular weight is 420 g/mol. The summed E-state index contributed by atoms with van der Waals surface area (Å²) < 4.78 is 2.09. The number of nitrogens with zero attached hydrogens (tertiary/aromatic N) is 5. The molecule has 0 radical (unpaired) electrons. The molecule has 2 aromatic carbocycles. The molecule has 0 aliphatic heterocycles. The molecule has 156 valence electrons. The van der Waals surface area contributed by atoms with Gasteiger partial charge in [-0.05, 0) is 63.9 Å². The third-order valence-electron chi connectivity index (χ3n) is 5.22. The number of nitriles is 1. The monoisotopic (exact) mass is 419 g/mol. The van der Waals surface area contributed by atoms with Gasteiger partial charge >= 0.3 is 0 Å². The van der Waals surface area contributed by atoms with Gasteiger partial charge in [0, 0.05) is 30.9 Å². The Bertz CT molecular complexity index is 982. The van der Waals surface area contributed by atoms with E-state index in [9.17, 15) is 5.26 Å². The first-order chi connectivity index (χ1) is 14.6. The molecule has 0 aliphatic carbocycles. The van der Waals surface area contributed by atoms with E-state index < -0.39 is 0 Å². The van der Waals surface area contributed by atoms with Gasteiger partial charge in [-0.15, -0.1) is 10.2 Å². The lowest BCUT2D eigenvalue weighted by Crippen LogP contribution is -2.21. The van der Waals surface area contributed by atoms with E-state index in [1.165, 1.54) is 23.0 Å². The van der Waals surface area contributed by atoms with Gasteiger partial charge in [-0.25, -0.2) is 0 Å². The van der Waals surface area contributed by atoms with Crippen LogP contribution in [-0.2, 0) is 13.0 Å². The molecule has 1 heterocycles. The summed E-state index contributed by atoms with van der Waals surface area (Å²) in [6.07, 6.45) is 0.686. The summed E-state index contributed by atoms with van der Waals surface area (Å²) in [5, 5.41) is 19.1. The summed E-state index contributed by atoms with van der Waals surface area (Å²) in [5.41, 5.74) is 4.64. The molecule has 0 amide bonds. The molecule has 0 spiro atoms. The summed E-state index contributed by atoms with van der Waals surface area (Å²) in [7, 11) is 0. The Labute approximate surface area is 183 Å². The van der Waals surface area contributed by atoms with Crippen molar-refractivity contribution in [1.82, 2.24) is 14.8 Å². The van der Waals surface area contributed by atoms with Gasteiger partial charge in [0.25, 0.3) is 0 Å². The van der Waals surface area contributed by atoms with Crippen molar-refractivity contribution in [3.8, 4) is 17.5 Å². The van der Waals surface area contributed by atoms with Crippen molar-refractivity contribution in [2.75, 3.05) is 18.0 Å². The van der Waals surface area contributed by atoms with Gasteiger partial charge in [-0.1, -0.05) is 41.6 Å². The van der Waals surface area contributed by atoms with Crippen molar-refractivity contribution in [1.29, 1.82) is 5.26 Å². The molecule has 0 aliphatic rings. The fourth-order valence-electron chi connectivity index (χ4n) is 3.46. The molecular weight excluding hydrogens is 390 g/mol. The van der Waals surface area contributed by atoms with Crippen LogP contribution in [0.2, 0.25) is 0 Å². The molecule has 30 heavy (non-hydrogen) atoms. The Morgan fingerprint density at radius 1 is 1.00 bits per heavy atom. The molecule has 3 aromatic rings. The minimum atomic E-state index is -0.208. The highest BCUT2D eigenvalue weighted by Crippen LogP contribution is 2.29. The largest absolute Gasteiger partial charge is 0.372 e. The number of hydrogen-bond acceptors (Lipinski definition) is 5. The van der Waals surface area contributed by atoms with E-state index in [1.54, 1.807) is 0 Å². The van der Waals surface area contributed by atoms with E-state index in [-0.39, 0.29) is 5.25 Å². The molecule has 0 saturated carbocycles. The van der Waals surface area contributed by atoms with Gasteiger partial charge in [0.05, 0.1) is 6.07 Å². The van der Waals surface area contributed by atoms with Crippen molar-refractivity contribution in [2.24, 2.45) is 0 Å². The molecule has 1 aromatic heterocycles. The van der Waals surface area contributed by atoms with Crippen molar-refractivity contribution in [2.45, 2.75) is 51.1 Å². The standard InChI is InChI=1S/C24H29N5S/c1-5-28(6-2)21-14-12-20(13-15-21)23-26-27-24(29(23)7-3)30-22(17-25)16-19-10-8-18(4)9-11-19/h8-15,22H,5-7,16H2,1-4H3. The molecular formula is C24H29N5S. The predicted octanol–water partition coefficient (Wildman–Crippen LogP) is 5.35. The zero-order valence-electron chi connectivity index (χ0n) is 18.2. The van der Waals surface area contributed by atoms with Crippen molar-refractivity contribution in [3.05, 3.63) is 59.7 Å². The minimum absolute atomic E-state index is 0.208. The maximum atomic E-state index is 9.69. The highest BCUT2D eigenvalue weighted by molar-refractivity contribution is 8.00. The van der Waals surface area contributed by atoms with Gasteiger partial charge in [0.15, 0.2) is 11.0 Å². The number of thioether (sulfide) groups is 1. The zero-order valence-corrected chi connectivity index (χ0v) is 19.0. The van der Waals surface area contributed by atoms with Gasteiger partial charge in [0.1, 0.15) is 5.25 Å². The van der Waals surface area contributed by atoms with E-state index in [4.69, 9.17) is 0 Å². The van der Waals surface area contributed by atoms with Crippen molar-refractivity contribution < 1.29 is 0 Å². The fourth-order valence-corrected chi connectivity index (χ4v) is 4.48. The molecule has 5 nitrogen and oxygen atoms in total. The van der Waals surface area contributed by atoms with E-state index in [2.05, 4.69) is 102 Å². The second-order valence-electron chi connectivity index (χ2n) is 7.19. The van der Waals surface area contributed by atoms with Crippen LogP contribution in [0, 0.1) is 18.3 Å². The van der Waals surface area contributed by atoms with E-state index in [0.29, 0.717) is 6.42 Å². The van der Waals surface area contributed by atoms with Gasteiger partial charge in [-0.3, -0.25) is 0 Å². The van der Waals surface area contributed by atoms with Crippen LogP contribution in [0.4, 0.5) is 5.69 Å². The molecule has 0 saturated heterocycles. The van der Waals surface area contributed by atoms with Crippen LogP contribution in [0.15, 0.2) is 53.7 Å². The summed E-state index contributed by atoms with van der Waals surface area (Å²) in [4.78, 5) is 2.32. The Hall–Kier alpha value is -2.78. The lowest BCUT2D eigenvalue weighted by Gasteiger charge is -2.21. The van der Waals surface area contributed by atoms with Crippen LogP contribution in [0.5, 0.6) is 0 Å². The second kappa shape index (κ2) is 10.3. The maximum absolute atomic E-state index is 9.69. The van der Waals surface area contributed by atoms with E-state index >= 15 is 0 Å². The Kier molecular flexibility index (Phi) is 7.53. The number of benzene rings is 2. The SMILES string of the molecule is CCN(CC)c1ccc(-c2nnc(SC(C#N)Cc3ccc(C)cc3)n2CC)cc1. The van der Waals surface area contributed by atoms with Crippen LogP contribution >= 0.6 is 11.8 Å². The Morgan fingerprint density at radius 3 is 2.23 bits per heavy atom. The third kappa shape index (κ3) is 5.03. The van der Waals surface area contributed by atoms with Crippen LogP contribution in [-0.4, -0.2) is 33.1 Å². The maximum Gasteiger partial charge on any atom is 0.192 e. The number of hydrogen-bond donors (Lipinski definition) is 0. The molecule has 0 fully saturated rings. The summed E-state index contributed by atoms with van der Waals surface area (Å²) >= 11 is 1.49. The summed E-state index contributed by atoms with van der Waals surface area (Å²) in [6, 6.07) is 19.3. The number of aromatic nitrogens is 3. The van der Waals surface area contributed by atoms with Crippen LogP contribution in [0.3, 0.4) is 0 Å². The molecule has 1 unspecified atom stereocenters. The fraction of sp³-hybridized carbons (Fsp3) is 0.375. The first kappa shape index (κ1) is 21.9. The molecule has 0 bridgehead atoms. The Morgan fingerprint density at radius 2 is 1.67 bits per heavy atom.